The Hall–Kier alpha value is -1.73. The van der Waals surface area contributed by atoms with Gasteiger partial charge in [-0.25, -0.2) is 13.6 Å². The first-order valence-electron chi connectivity index (χ1n) is 7.40. The quantitative estimate of drug-likeness (QED) is 0.740. The number of carbonyl (C=O) groups excluding carboxylic acids is 1. The molecule has 1 atom stereocenters. The Morgan fingerprint density at radius 1 is 1.18 bits per heavy atom. The van der Waals surface area contributed by atoms with Crippen LogP contribution in [-0.4, -0.2) is 48.3 Å². The van der Waals surface area contributed by atoms with Crippen molar-refractivity contribution in [2.24, 2.45) is 0 Å². The lowest BCUT2D eigenvalue weighted by Gasteiger charge is -2.19. The zero-order valence-electron chi connectivity index (χ0n) is 12.3. The minimum Gasteiger partial charge on any atom is -0.390 e. The maximum Gasteiger partial charge on any atom is 0.315 e. The third-order valence-corrected chi connectivity index (χ3v) is 3.54. The van der Waals surface area contributed by atoms with Crippen molar-refractivity contribution in [1.29, 1.82) is 0 Å². The number of likely N-dealkylation sites (tertiary alicyclic amines) is 1. The van der Waals surface area contributed by atoms with Crippen molar-refractivity contribution in [2.45, 2.75) is 25.5 Å². The van der Waals surface area contributed by atoms with Gasteiger partial charge in [-0.15, -0.1) is 0 Å². The van der Waals surface area contributed by atoms with Gasteiger partial charge in [-0.3, -0.25) is 0 Å². The highest BCUT2D eigenvalue weighted by Crippen LogP contribution is 2.08. The van der Waals surface area contributed by atoms with Gasteiger partial charge in [-0.05, 0) is 43.6 Å². The van der Waals surface area contributed by atoms with Gasteiger partial charge in [0, 0.05) is 25.7 Å². The van der Waals surface area contributed by atoms with Gasteiger partial charge in [0.25, 0.3) is 0 Å². The van der Waals surface area contributed by atoms with Crippen LogP contribution >= 0.6 is 0 Å². The van der Waals surface area contributed by atoms with Gasteiger partial charge in [-0.1, -0.05) is 0 Å². The highest BCUT2D eigenvalue weighted by Gasteiger charge is 2.16. The van der Waals surface area contributed by atoms with E-state index in [4.69, 9.17) is 0 Å². The summed E-state index contributed by atoms with van der Waals surface area (Å²) in [4.78, 5) is 13.7. The summed E-state index contributed by atoms with van der Waals surface area (Å²) >= 11 is 0. The van der Waals surface area contributed by atoms with E-state index in [0.717, 1.165) is 44.1 Å². The molecule has 1 fully saturated rings. The SMILES string of the molecule is O=C(NCc1cc(F)cc(F)c1)NC[C@H](O)CN1CCCC1. The van der Waals surface area contributed by atoms with Crippen molar-refractivity contribution in [3.05, 3.63) is 35.4 Å². The van der Waals surface area contributed by atoms with E-state index in [1.807, 2.05) is 0 Å². The van der Waals surface area contributed by atoms with Gasteiger partial charge in [-0.2, -0.15) is 0 Å². The molecule has 2 rings (SSSR count). The average molecular weight is 313 g/mol. The number of nitrogens with one attached hydrogen (secondary N) is 2. The van der Waals surface area contributed by atoms with Crippen LogP contribution in [0.4, 0.5) is 13.6 Å². The molecule has 0 aromatic heterocycles. The summed E-state index contributed by atoms with van der Waals surface area (Å²) in [7, 11) is 0. The lowest BCUT2D eigenvalue weighted by molar-refractivity contribution is 0.124. The number of aliphatic hydroxyl groups excluding tert-OH is 1. The van der Waals surface area contributed by atoms with Gasteiger partial charge in [0.05, 0.1) is 6.10 Å². The molecule has 1 aromatic carbocycles. The second-order valence-corrected chi connectivity index (χ2v) is 5.50. The minimum atomic E-state index is -0.682. The number of hydrogen-bond donors (Lipinski definition) is 3. The molecule has 0 spiro atoms. The lowest BCUT2D eigenvalue weighted by atomic mass is 10.2. The summed E-state index contributed by atoms with van der Waals surface area (Å²) in [6, 6.07) is 2.61. The first kappa shape index (κ1) is 16.6. The number of aliphatic hydroxyl groups is 1. The van der Waals surface area contributed by atoms with Crippen molar-refractivity contribution < 1.29 is 18.7 Å². The number of halogens is 2. The highest BCUT2D eigenvalue weighted by molar-refractivity contribution is 5.73. The van der Waals surface area contributed by atoms with Gasteiger partial charge in [0.1, 0.15) is 11.6 Å². The average Bonchev–Trinajstić information content (AvgIpc) is 2.95. The molecule has 0 bridgehead atoms. The van der Waals surface area contributed by atoms with Crippen molar-refractivity contribution in [2.75, 3.05) is 26.2 Å². The van der Waals surface area contributed by atoms with Crippen LogP contribution in [0.25, 0.3) is 0 Å². The van der Waals surface area contributed by atoms with E-state index in [1.54, 1.807) is 0 Å². The number of rotatable bonds is 6. The zero-order valence-corrected chi connectivity index (χ0v) is 12.3. The number of amides is 2. The van der Waals surface area contributed by atoms with E-state index >= 15 is 0 Å². The van der Waals surface area contributed by atoms with Crippen molar-refractivity contribution >= 4 is 6.03 Å². The molecule has 1 saturated heterocycles. The first-order valence-corrected chi connectivity index (χ1v) is 7.40. The Labute approximate surface area is 128 Å². The third-order valence-electron chi connectivity index (χ3n) is 3.54. The molecular weight excluding hydrogens is 292 g/mol. The number of benzene rings is 1. The van der Waals surface area contributed by atoms with Crippen molar-refractivity contribution in [1.82, 2.24) is 15.5 Å². The third kappa shape index (κ3) is 5.57. The molecular formula is C15H21F2N3O2. The van der Waals surface area contributed by atoms with E-state index in [1.165, 1.54) is 0 Å². The Morgan fingerprint density at radius 3 is 2.45 bits per heavy atom. The topological polar surface area (TPSA) is 64.6 Å². The van der Waals surface area contributed by atoms with Crippen LogP contribution in [0.15, 0.2) is 18.2 Å². The fourth-order valence-corrected chi connectivity index (χ4v) is 2.50. The smallest absolute Gasteiger partial charge is 0.315 e. The van der Waals surface area contributed by atoms with Gasteiger partial charge in [0.2, 0.25) is 0 Å². The van der Waals surface area contributed by atoms with Crippen LogP contribution in [-0.2, 0) is 6.54 Å². The van der Waals surface area contributed by atoms with E-state index in [0.29, 0.717) is 12.1 Å². The maximum absolute atomic E-state index is 13.0. The van der Waals surface area contributed by atoms with Gasteiger partial charge >= 0.3 is 6.03 Å². The number of urea groups is 1. The molecule has 1 aromatic rings. The second-order valence-electron chi connectivity index (χ2n) is 5.50. The molecule has 1 heterocycles. The Balaban J connectivity index is 1.66. The molecule has 5 nitrogen and oxygen atoms in total. The summed E-state index contributed by atoms with van der Waals surface area (Å²) in [5, 5.41) is 14.9. The maximum atomic E-state index is 13.0. The summed E-state index contributed by atoms with van der Waals surface area (Å²) < 4.78 is 26.0. The predicted molar refractivity (Wildman–Crippen MR) is 78.3 cm³/mol. The number of β-amino-alcohol motifs (C(OH)–C–C–N with tert-alkyl or cyclic N) is 1. The predicted octanol–water partition coefficient (Wildman–Crippen LogP) is 1.22. The molecule has 0 aliphatic carbocycles. The number of hydrogen-bond acceptors (Lipinski definition) is 3. The largest absolute Gasteiger partial charge is 0.390 e. The van der Waals surface area contributed by atoms with Gasteiger partial charge < -0.3 is 20.6 Å². The van der Waals surface area contributed by atoms with Crippen LogP contribution in [0.2, 0.25) is 0 Å². The lowest BCUT2D eigenvalue weighted by Crippen LogP contribution is -2.43. The Morgan fingerprint density at radius 2 is 1.82 bits per heavy atom. The van der Waals surface area contributed by atoms with Gasteiger partial charge in [0.15, 0.2) is 0 Å². The molecule has 0 unspecified atom stereocenters. The first-order chi connectivity index (χ1) is 10.5. The van der Waals surface area contributed by atoms with E-state index in [-0.39, 0.29) is 13.1 Å². The molecule has 22 heavy (non-hydrogen) atoms. The molecule has 2 amide bonds. The minimum absolute atomic E-state index is 0.0166. The number of nitrogens with zero attached hydrogens (tertiary/aromatic N) is 1. The summed E-state index contributed by atoms with van der Waals surface area (Å²) in [6.07, 6.45) is 1.66. The summed E-state index contributed by atoms with van der Waals surface area (Å²) in [6.45, 7) is 2.65. The normalized spacial score (nSPS) is 16.5. The standard InChI is InChI=1S/C15H21F2N3O2/c16-12-5-11(6-13(17)7-12)8-18-15(22)19-9-14(21)10-20-3-1-2-4-20/h5-7,14,21H,1-4,8-10H2,(H2,18,19,22)/t14-/m0/s1. The van der Waals surface area contributed by atoms with Crippen LogP contribution in [0.1, 0.15) is 18.4 Å². The monoisotopic (exact) mass is 313 g/mol. The number of carbonyl (C=O) groups is 1. The molecule has 1 aliphatic rings. The van der Waals surface area contributed by atoms with Crippen LogP contribution in [0.3, 0.4) is 0 Å². The fraction of sp³-hybridized carbons (Fsp3) is 0.533. The molecule has 1 aliphatic heterocycles. The highest BCUT2D eigenvalue weighted by atomic mass is 19.1. The molecule has 122 valence electrons. The second kappa shape index (κ2) is 8.05. The Bertz CT molecular complexity index is 487. The molecule has 7 heteroatoms. The summed E-state index contributed by atoms with van der Waals surface area (Å²) in [5.41, 5.74) is 0.338. The van der Waals surface area contributed by atoms with Crippen molar-refractivity contribution in [3.63, 3.8) is 0 Å². The molecule has 0 radical (unpaired) electrons. The van der Waals surface area contributed by atoms with Crippen LogP contribution in [0.5, 0.6) is 0 Å². The molecule has 3 N–H and O–H groups in total. The zero-order chi connectivity index (χ0) is 15.9. The summed E-state index contributed by atoms with van der Waals surface area (Å²) in [5.74, 6) is -1.36. The van der Waals surface area contributed by atoms with Crippen LogP contribution < -0.4 is 10.6 Å². The van der Waals surface area contributed by atoms with E-state index in [2.05, 4.69) is 15.5 Å². The Kier molecular flexibility index (Phi) is 6.09. The van der Waals surface area contributed by atoms with Crippen LogP contribution in [0, 0.1) is 11.6 Å². The molecule has 0 saturated carbocycles. The van der Waals surface area contributed by atoms with E-state index < -0.39 is 23.8 Å². The van der Waals surface area contributed by atoms with Crippen molar-refractivity contribution in [3.8, 4) is 0 Å². The fourth-order valence-electron chi connectivity index (χ4n) is 2.50. The van der Waals surface area contributed by atoms with E-state index in [9.17, 15) is 18.7 Å².